The fourth-order valence-corrected chi connectivity index (χ4v) is 3.00. The molecular weight excluding hydrogens is 242 g/mol. The average molecular weight is 265 g/mol. The maximum Gasteiger partial charge on any atom is 0.223 e. The summed E-state index contributed by atoms with van der Waals surface area (Å²) in [5.74, 6) is 0.187. The standard InChI is InChI=1S/C14H23N3O2/c1-2-16-8-6-13-12(11-16)17(9-10-19-13)14(18)5-3-4-7-15/h12-13H,2-6,8-11H2,1H3/t12-,13+/m0/s1. The van der Waals surface area contributed by atoms with E-state index in [9.17, 15) is 4.79 Å². The third-order valence-electron chi connectivity index (χ3n) is 4.12. The van der Waals surface area contributed by atoms with Crippen LogP contribution in [0.1, 0.15) is 32.6 Å². The van der Waals surface area contributed by atoms with Crippen molar-refractivity contribution in [3.63, 3.8) is 0 Å². The molecule has 2 aliphatic heterocycles. The Balaban J connectivity index is 1.94. The minimum atomic E-state index is 0.187. The van der Waals surface area contributed by atoms with Gasteiger partial charge in [0, 0.05) is 32.5 Å². The number of unbranched alkanes of at least 4 members (excludes halogenated alkanes) is 1. The van der Waals surface area contributed by atoms with Gasteiger partial charge in [-0.2, -0.15) is 5.26 Å². The van der Waals surface area contributed by atoms with Crippen molar-refractivity contribution in [2.45, 2.75) is 44.8 Å². The van der Waals surface area contributed by atoms with Gasteiger partial charge in [0.05, 0.1) is 24.8 Å². The molecule has 0 aliphatic carbocycles. The second-order valence-corrected chi connectivity index (χ2v) is 5.26. The third kappa shape index (κ3) is 3.46. The lowest BCUT2D eigenvalue weighted by Gasteiger charge is -2.47. The molecule has 0 aromatic carbocycles. The molecule has 0 N–H and O–H groups in total. The zero-order valence-electron chi connectivity index (χ0n) is 11.7. The Kier molecular flexibility index (Phi) is 5.17. The molecule has 0 saturated carbocycles. The molecule has 0 bridgehead atoms. The minimum Gasteiger partial charge on any atom is -0.374 e. The predicted molar refractivity (Wildman–Crippen MR) is 71.4 cm³/mol. The molecule has 0 spiro atoms. The summed E-state index contributed by atoms with van der Waals surface area (Å²) in [5.41, 5.74) is 0. The Bertz CT molecular complexity index is 353. The van der Waals surface area contributed by atoms with Gasteiger partial charge in [-0.3, -0.25) is 4.79 Å². The normalized spacial score (nSPS) is 27.7. The Labute approximate surface area is 115 Å². The highest BCUT2D eigenvalue weighted by molar-refractivity contribution is 5.76. The van der Waals surface area contributed by atoms with Crippen LogP contribution in [0.4, 0.5) is 0 Å². The first kappa shape index (κ1) is 14.3. The van der Waals surface area contributed by atoms with Gasteiger partial charge in [-0.25, -0.2) is 0 Å². The van der Waals surface area contributed by atoms with Gasteiger partial charge in [-0.1, -0.05) is 6.92 Å². The largest absolute Gasteiger partial charge is 0.374 e. The highest BCUT2D eigenvalue weighted by Gasteiger charge is 2.38. The molecule has 2 atom stereocenters. The zero-order chi connectivity index (χ0) is 13.7. The first-order chi connectivity index (χ1) is 9.26. The van der Waals surface area contributed by atoms with E-state index in [1.807, 2.05) is 4.90 Å². The number of amides is 1. The van der Waals surface area contributed by atoms with E-state index in [0.717, 1.165) is 26.1 Å². The van der Waals surface area contributed by atoms with E-state index < -0.39 is 0 Å². The monoisotopic (exact) mass is 265 g/mol. The lowest BCUT2D eigenvalue weighted by molar-refractivity contribution is -0.152. The molecule has 0 unspecified atom stereocenters. The fraction of sp³-hybridized carbons (Fsp3) is 0.857. The summed E-state index contributed by atoms with van der Waals surface area (Å²) in [6.07, 6.45) is 2.84. The van der Waals surface area contributed by atoms with Crippen LogP contribution in [-0.4, -0.2) is 60.6 Å². The first-order valence-corrected chi connectivity index (χ1v) is 7.26. The topological polar surface area (TPSA) is 56.6 Å². The summed E-state index contributed by atoms with van der Waals surface area (Å²) in [5, 5.41) is 8.54. The van der Waals surface area contributed by atoms with Gasteiger partial charge < -0.3 is 14.5 Å². The second-order valence-electron chi connectivity index (χ2n) is 5.26. The van der Waals surface area contributed by atoms with Crippen LogP contribution in [0, 0.1) is 11.3 Å². The van der Waals surface area contributed by atoms with Gasteiger partial charge in [-0.05, 0) is 19.4 Å². The van der Waals surface area contributed by atoms with Crippen LogP contribution < -0.4 is 0 Å². The van der Waals surface area contributed by atoms with Crippen LogP contribution in [0.15, 0.2) is 0 Å². The molecule has 2 fully saturated rings. The average Bonchev–Trinajstić information content (AvgIpc) is 2.46. The van der Waals surface area contributed by atoms with Crippen LogP contribution in [0.3, 0.4) is 0 Å². The summed E-state index contributed by atoms with van der Waals surface area (Å²) in [6.45, 7) is 6.52. The van der Waals surface area contributed by atoms with Crippen LogP contribution in [0.5, 0.6) is 0 Å². The first-order valence-electron chi connectivity index (χ1n) is 7.26. The molecule has 1 amide bonds. The number of fused-ring (bicyclic) bond motifs is 1. The lowest BCUT2D eigenvalue weighted by Crippen LogP contribution is -2.61. The molecule has 0 aromatic rings. The quantitative estimate of drug-likeness (QED) is 0.712. The molecule has 106 valence electrons. The third-order valence-corrected chi connectivity index (χ3v) is 4.12. The molecule has 2 saturated heterocycles. The number of likely N-dealkylation sites (N-methyl/N-ethyl adjacent to an activating group) is 1. The van der Waals surface area contributed by atoms with Crippen LogP contribution in [-0.2, 0) is 9.53 Å². The number of piperidine rings is 1. The SMILES string of the molecule is CCN1CC[C@H]2OCCN(C(=O)CCCC#N)[C@H]2C1. The number of likely N-dealkylation sites (tertiary alicyclic amines) is 1. The lowest BCUT2D eigenvalue weighted by atomic mass is 9.98. The Hall–Kier alpha value is -1.12. The van der Waals surface area contributed by atoms with Crippen molar-refractivity contribution in [1.29, 1.82) is 5.26 Å². The van der Waals surface area contributed by atoms with E-state index in [2.05, 4.69) is 17.9 Å². The van der Waals surface area contributed by atoms with Gasteiger partial charge in [0.25, 0.3) is 0 Å². The molecule has 2 aliphatic rings. The fourth-order valence-electron chi connectivity index (χ4n) is 3.00. The van der Waals surface area contributed by atoms with E-state index in [0.29, 0.717) is 32.4 Å². The van der Waals surface area contributed by atoms with Crippen LogP contribution in [0.25, 0.3) is 0 Å². The Morgan fingerprint density at radius 3 is 3.05 bits per heavy atom. The summed E-state index contributed by atoms with van der Waals surface area (Å²) in [4.78, 5) is 16.6. The summed E-state index contributed by atoms with van der Waals surface area (Å²) < 4.78 is 5.81. The van der Waals surface area contributed by atoms with Gasteiger partial charge in [0.15, 0.2) is 0 Å². The number of carbonyl (C=O) groups is 1. The number of nitrogens with zero attached hydrogens (tertiary/aromatic N) is 3. The highest BCUT2D eigenvalue weighted by Crippen LogP contribution is 2.23. The van der Waals surface area contributed by atoms with Crippen molar-refractivity contribution < 1.29 is 9.53 Å². The summed E-state index contributed by atoms with van der Waals surface area (Å²) in [6, 6.07) is 2.30. The van der Waals surface area contributed by atoms with E-state index >= 15 is 0 Å². The number of hydrogen-bond acceptors (Lipinski definition) is 4. The number of rotatable bonds is 4. The number of morpholine rings is 1. The molecule has 5 heteroatoms. The van der Waals surface area contributed by atoms with E-state index in [4.69, 9.17) is 10.00 Å². The molecular formula is C14H23N3O2. The van der Waals surface area contributed by atoms with Gasteiger partial charge in [0.2, 0.25) is 5.91 Å². The molecule has 2 heterocycles. The highest BCUT2D eigenvalue weighted by atomic mass is 16.5. The number of nitriles is 1. The van der Waals surface area contributed by atoms with E-state index in [1.165, 1.54) is 0 Å². The number of ether oxygens (including phenoxy) is 1. The van der Waals surface area contributed by atoms with Crippen molar-refractivity contribution in [3.05, 3.63) is 0 Å². The van der Waals surface area contributed by atoms with E-state index in [1.54, 1.807) is 0 Å². The Morgan fingerprint density at radius 1 is 1.47 bits per heavy atom. The van der Waals surface area contributed by atoms with Gasteiger partial charge in [0.1, 0.15) is 0 Å². The smallest absolute Gasteiger partial charge is 0.223 e. The van der Waals surface area contributed by atoms with Crippen molar-refractivity contribution in [3.8, 4) is 6.07 Å². The summed E-state index contributed by atoms with van der Waals surface area (Å²) >= 11 is 0. The van der Waals surface area contributed by atoms with Crippen molar-refractivity contribution >= 4 is 5.91 Å². The Morgan fingerprint density at radius 2 is 2.32 bits per heavy atom. The molecule has 5 nitrogen and oxygen atoms in total. The zero-order valence-corrected chi connectivity index (χ0v) is 11.7. The molecule has 0 radical (unpaired) electrons. The van der Waals surface area contributed by atoms with E-state index in [-0.39, 0.29) is 18.1 Å². The summed E-state index contributed by atoms with van der Waals surface area (Å²) in [7, 11) is 0. The van der Waals surface area contributed by atoms with Crippen LogP contribution >= 0.6 is 0 Å². The predicted octanol–water partition coefficient (Wildman–Crippen LogP) is 1.00. The molecule has 0 aromatic heterocycles. The van der Waals surface area contributed by atoms with Crippen LogP contribution in [0.2, 0.25) is 0 Å². The van der Waals surface area contributed by atoms with Crippen molar-refractivity contribution in [1.82, 2.24) is 9.80 Å². The maximum absolute atomic E-state index is 12.3. The van der Waals surface area contributed by atoms with Crippen molar-refractivity contribution in [2.75, 3.05) is 32.8 Å². The maximum atomic E-state index is 12.3. The van der Waals surface area contributed by atoms with Crippen molar-refractivity contribution in [2.24, 2.45) is 0 Å². The number of hydrogen-bond donors (Lipinski definition) is 0. The number of carbonyl (C=O) groups excluding carboxylic acids is 1. The molecule has 2 rings (SSSR count). The minimum absolute atomic E-state index is 0.187. The van der Waals surface area contributed by atoms with Gasteiger partial charge in [-0.15, -0.1) is 0 Å². The molecule has 19 heavy (non-hydrogen) atoms. The second kappa shape index (κ2) is 6.88. The van der Waals surface area contributed by atoms with Gasteiger partial charge >= 0.3 is 0 Å².